The van der Waals surface area contributed by atoms with E-state index in [0.29, 0.717) is 23.6 Å². The third-order valence-electron chi connectivity index (χ3n) is 4.19. The van der Waals surface area contributed by atoms with Crippen molar-refractivity contribution in [1.82, 2.24) is 5.16 Å². The molecule has 7 nitrogen and oxygen atoms in total. The summed E-state index contributed by atoms with van der Waals surface area (Å²) >= 11 is 0. The van der Waals surface area contributed by atoms with E-state index in [2.05, 4.69) is 36.3 Å². The standard InChI is InChI=1S/C19H22N3O4P/c1-3-14-6-8-15(9-7-14)11-16-12-18(26-21-16)17-5-4-10-22(19(17)20)13-25-27(2,23)24/h4-10,12,20H,3,11,13H2,1-2H3,(H,23,24)/p+1. The second-order valence-corrected chi connectivity index (χ2v) is 8.23. The van der Waals surface area contributed by atoms with Gasteiger partial charge in [-0.05, 0) is 29.7 Å². The Bertz CT molecular complexity index is 963. The molecule has 0 aliphatic rings. The van der Waals surface area contributed by atoms with E-state index >= 15 is 0 Å². The van der Waals surface area contributed by atoms with E-state index in [-0.39, 0.29) is 6.73 Å². The molecule has 0 amide bonds. The zero-order valence-electron chi connectivity index (χ0n) is 15.3. The lowest BCUT2D eigenvalue weighted by Gasteiger charge is -2.08. The molecule has 1 aromatic carbocycles. The zero-order valence-corrected chi connectivity index (χ0v) is 16.2. The number of hydrogen-bond acceptors (Lipinski definition) is 5. The van der Waals surface area contributed by atoms with Gasteiger partial charge in [-0.1, -0.05) is 36.3 Å². The van der Waals surface area contributed by atoms with Gasteiger partial charge in [-0.25, -0.2) is 4.57 Å². The first kappa shape index (κ1) is 19.3. The summed E-state index contributed by atoms with van der Waals surface area (Å²) in [5, 5.41) is 4.13. The quantitative estimate of drug-likeness (QED) is 0.476. The summed E-state index contributed by atoms with van der Waals surface area (Å²) in [5.41, 5.74) is 10.1. The van der Waals surface area contributed by atoms with Gasteiger partial charge in [0.1, 0.15) is 5.56 Å². The third kappa shape index (κ3) is 5.04. The van der Waals surface area contributed by atoms with E-state index in [1.807, 2.05) is 6.07 Å². The number of aromatic nitrogens is 2. The van der Waals surface area contributed by atoms with Crippen LogP contribution in [-0.2, 0) is 28.7 Å². The summed E-state index contributed by atoms with van der Waals surface area (Å²) in [6.07, 6.45) is 3.34. The van der Waals surface area contributed by atoms with Gasteiger partial charge in [0.15, 0.2) is 5.76 Å². The van der Waals surface area contributed by atoms with E-state index in [1.54, 1.807) is 18.3 Å². The van der Waals surface area contributed by atoms with Gasteiger partial charge in [-0.2, -0.15) is 0 Å². The van der Waals surface area contributed by atoms with Crippen molar-refractivity contribution in [3.8, 4) is 11.3 Å². The van der Waals surface area contributed by atoms with E-state index in [4.69, 9.17) is 14.8 Å². The summed E-state index contributed by atoms with van der Waals surface area (Å²) in [5.74, 6) is 0.895. The summed E-state index contributed by atoms with van der Waals surface area (Å²) in [7, 11) is -3.59. The van der Waals surface area contributed by atoms with Crippen molar-refractivity contribution in [2.75, 3.05) is 12.4 Å². The van der Waals surface area contributed by atoms with Crippen molar-refractivity contribution in [2.24, 2.45) is 0 Å². The average molecular weight is 388 g/mol. The summed E-state index contributed by atoms with van der Waals surface area (Å²) in [4.78, 5) is 9.28. The molecule has 8 heteroatoms. The lowest BCUT2D eigenvalue weighted by Crippen LogP contribution is -2.38. The Morgan fingerprint density at radius 1 is 1.26 bits per heavy atom. The van der Waals surface area contributed by atoms with E-state index in [0.717, 1.165) is 24.3 Å². The van der Waals surface area contributed by atoms with Crippen molar-refractivity contribution in [2.45, 2.75) is 26.5 Å². The average Bonchev–Trinajstić information content (AvgIpc) is 3.09. The molecule has 0 saturated carbocycles. The highest BCUT2D eigenvalue weighted by atomic mass is 31.2. The molecule has 3 aromatic rings. The second kappa shape index (κ2) is 8.05. The molecule has 3 N–H and O–H groups in total. The minimum atomic E-state index is -3.59. The smallest absolute Gasteiger partial charge is 0.328 e. The van der Waals surface area contributed by atoms with Crippen molar-refractivity contribution in [3.05, 3.63) is 65.5 Å². The number of aryl methyl sites for hydroxylation is 1. The summed E-state index contributed by atoms with van der Waals surface area (Å²) < 4.78 is 23.3. The van der Waals surface area contributed by atoms with Gasteiger partial charge in [0.05, 0.1) is 11.9 Å². The first-order valence-corrected chi connectivity index (χ1v) is 10.6. The van der Waals surface area contributed by atoms with Gasteiger partial charge >= 0.3 is 7.60 Å². The molecule has 0 fully saturated rings. The van der Waals surface area contributed by atoms with Crippen LogP contribution in [-0.4, -0.2) is 16.7 Å². The second-order valence-electron chi connectivity index (χ2n) is 6.37. The molecule has 3 rings (SSSR count). The molecule has 0 aliphatic heterocycles. The van der Waals surface area contributed by atoms with Crippen molar-refractivity contribution in [1.29, 1.82) is 0 Å². The topological polar surface area (TPSA) is 102 Å². The van der Waals surface area contributed by atoms with Gasteiger partial charge in [0.2, 0.25) is 6.73 Å². The molecule has 0 bridgehead atoms. The highest BCUT2D eigenvalue weighted by Crippen LogP contribution is 2.36. The van der Waals surface area contributed by atoms with Crippen LogP contribution in [0.4, 0.5) is 5.82 Å². The maximum absolute atomic E-state index is 11.3. The maximum Gasteiger partial charge on any atom is 0.328 e. The number of anilines is 1. The van der Waals surface area contributed by atoms with Crippen LogP contribution in [0.25, 0.3) is 11.3 Å². The molecule has 142 valence electrons. The van der Waals surface area contributed by atoms with Crippen LogP contribution in [0.2, 0.25) is 0 Å². The molecule has 2 heterocycles. The maximum atomic E-state index is 11.3. The predicted molar refractivity (Wildman–Crippen MR) is 102 cm³/mol. The van der Waals surface area contributed by atoms with E-state index in [1.165, 1.54) is 10.1 Å². The van der Waals surface area contributed by atoms with Gasteiger partial charge in [-0.3, -0.25) is 14.8 Å². The van der Waals surface area contributed by atoms with E-state index in [9.17, 15) is 9.46 Å². The monoisotopic (exact) mass is 388 g/mol. The molecule has 0 spiro atoms. The molecule has 1 atom stereocenters. The number of nitrogen functional groups attached to an aromatic ring is 1. The first-order chi connectivity index (χ1) is 12.9. The zero-order chi connectivity index (χ0) is 19.4. The molecule has 2 aromatic heterocycles. The Balaban J connectivity index is 1.78. The number of nitrogens with two attached hydrogens (primary N) is 1. The number of hydrogen-bond donors (Lipinski definition) is 2. The fourth-order valence-electron chi connectivity index (χ4n) is 2.68. The van der Waals surface area contributed by atoms with Crippen LogP contribution in [0.1, 0.15) is 23.7 Å². The highest BCUT2D eigenvalue weighted by molar-refractivity contribution is 7.51. The Morgan fingerprint density at radius 2 is 1.96 bits per heavy atom. The Hall–Kier alpha value is -2.47. The van der Waals surface area contributed by atoms with Crippen LogP contribution >= 0.6 is 7.60 Å². The molecule has 0 saturated heterocycles. The summed E-state index contributed by atoms with van der Waals surface area (Å²) in [6, 6.07) is 13.8. The number of rotatable bonds is 7. The van der Waals surface area contributed by atoms with Crippen LogP contribution < -0.4 is 10.3 Å². The van der Waals surface area contributed by atoms with Crippen molar-refractivity contribution in [3.63, 3.8) is 0 Å². The Labute approximate surface area is 157 Å². The van der Waals surface area contributed by atoms with Gasteiger partial charge in [0, 0.05) is 19.2 Å². The molecular formula is C19H23N3O4P+. The van der Waals surface area contributed by atoms with E-state index < -0.39 is 7.60 Å². The first-order valence-electron chi connectivity index (χ1n) is 8.62. The summed E-state index contributed by atoms with van der Waals surface area (Å²) in [6.45, 7) is 3.12. The van der Waals surface area contributed by atoms with Gasteiger partial charge < -0.3 is 9.42 Å². The number of benzene rings is 1. The molecular weight excluding hydrogens is 365 g/mol. The van der Waals surface area contributed by atoms with Crippen LogP contribution in [0.15, 0.2) is 53.2 Å². The minimum Gasteiger partial charge on any atom is -0.356 e. The van der Waals surface area contributed by atoms with Crippen molar-refractivity contribution >= 4 is 13.4 Å². The van der Waals surface area contributed by atoms with Gasteiger partial charge in [-0.15, -0.1) is 0 Å². The molecule has 27 heavy (non-hydrogen) atoms. The Morgan fingerprint density at radius 3 is 2.63 bits per heavy atom. The predicted octanol–water partition coefficient (Wildman–Crippen LogP) is 3.15. The number of pyridine rings is 1. The fourth-order valence-corrected chi connectivity index (χ4v) is 3.02. The largest absolute Gasteiger partial charge is 0.356 e. The minimum absolute atomic E-state index is 0.130. The van der Waals surface area contributed by atoms with Crippen LogP contribution in [0.5, 0.6) is 0 Å². The molecule has 0 aliphatic carbocycles. The third-order valence-corrected chi connectivity index (χ3v) is 4.79. The molecule has 0 radical (unpaired) electrons. The SMILES string of the molecule is CCc1ccc(Cc2cc(-c3ccc[n+](COP(C)(=O)O)c3N)on2)cc1. The molecule has 1 unspecified atom stereocenters. The van der Waals surface area contributed by atoms with Crippen LogP contribution in [0, 0.1) is 0 Å². The normalized spacial score (nSPS) is 13.4. The lowest BCUT2D eigenvalue weighted by molar-refractivity contribution is -0.711. The highest BCUT2D eigenvalue weighted by Gasteiger charge is 2.19. The fraction of sp³-hybridized carbons (Fsp3) is 0.263. The van der Waals surface area contributed by atoms with Crippen molar-refractivity contribution < 1.29 is 23.1 Å². The number of nitrogens with zero attached hydrogens (tertiary/aromatic N) is 2. The Kier molecular flexibility index (Phi) is 5.75. The van der Waals surface area contributed by atoms with Gasteiger partial charge in [0.25, 0.3) is 5.82 Å². The lowest BCUT2D eigenvalue weighted by atomic mass is 10.1. The van der Waals surface area contributed by atoms with Crippen LogP contribution in [0.3, 0.4) is 0 Å².